The van der Waals surface area contributed by atoms with Crippen molar-refractivity contribution in [2.75, 3.05) is 37.4 Å². The summed E-state index contributed by atoms with van der Waals surface area (Å²) in [6, 6.07) is 3.73. The number of nitriles is 1. The van der Waals surface area contributed by atoms with Gasteiger partial charge in [0, 0.05) is 33.0 Å². The molecule has 0 radical (unpaired) electrons. The van der Waals surface area contributed by atoms with Crippen molar-refractivity contribution in [2.45, 2.75) is 12.8 Å². The molecule has 1 aliphatic rings. The summed E-state index contributed by atoms with van der Waals surface area (Å²) < 4.78 is 5.18. The quantitative estimate of drug-likeness (QED) is 0.872. The molecular weight excluding hydrogens is 228 g/mol. The Kier molecular flexibility index (Phi) is 4.00. The predicted octanol–water partition coefficient (Wildman–Crippen LogP) is 1.40. The van der Waals surface area contributed by atoms with Crippen LogP contribution in [-0.4, -0.2) is 31.8 Å². The highest BCUT2D eigenvalue weighted by molar-refractivity contribution is 5.64. The van der Waals surface area contributed by atoms with Crippen LogP contribution in [0, 0.1) is 17.2 Å². The van der Waals surface area contributed by atoms with Gasteiger partial charge in [-0.1, -0.05) is 0 Å². The van der Waals surface area contributed by atoms with E-state index in [1.165, 1.54) is 0 Å². The molecule has 0 atom stereocenters. The summed E-state index contributed by atoms with van der Waals surface area (Å²) in [4.78, 5) is 6.47. The second-order valence-corrected chi connectivity index (χ2v) is 4.63. The summed E-state index contributed by atoms with van der Waals surface area (Å²) in [5.74, 6) is 1.43. The Balaban J connectivity index is 2.04. The molecule has 2 rings (SSSR count). The minimum absolute atomic E-state index is 0.505. The lowest BCUT2D eigenvalue weighted by molar-refractivity contribution is 0.139. The van der Waals surface area contributed by atoms with Crippen molar-refractivity contribution < 1.29 is 4.74 Å². The minimum Gasteiger partial charge on any atom is -0.396 e. The molecule has 96 valence electrons. The molecule has 1 aromatic heterocycles. The number of methoxy groups -OCH3 is 1. The number of aromatic nitrogens is 1. The van der Waals surface area contributed by atoms with Gasteiger partial charge in [0.2, 0.25) is 0 Å². The average molecular weight is 246 g/mol. The Hall–Kier alpha value is -1.80. The SMILES string of the molecule is COCC1CCN(c2ncc(C#N)cc2N)CC1. The number of nitrogens with zero attached hydrogens (tertiary/aromatic N) is 3. The van der Waals surface area contributed by atoms with Gasteiger partial charge in [-0.3, -0.25) is 0 Å². The number of rotatable bonds is 3. The van der Waals surface area contributed by atoms with E-state index >= 15 is 0 Å². The Labute approximate surface area is 107 Å². The molecule has 0 saturated carbocycles. The number of anilines is 2. The maximum atomic E-state index is 8.78. The van der Waals surface area contributed by atoms with Crippen LogP contribution in [-0.2, 0) is 4.74 Å². The third-order valence-electron chi connectivity index (χ3n) is 3.34. The molecule has 5 heteroatoms. The normalized spacial score (nSPS) is 16.6. The fourth-order valence-corrected chi connectivity index (χ4v) is 2.35. The van der Waals surface area contributed by atoms with Crippen LogP contribution in [0.25, 0.3) is 0 Å². The van der Waals surface area contributed by atoms with E-state index in [4.69, 9.17) is 15.7 Å². The molecule has 0 aromatic carbocycles. The Morgan fingerprint density at radius 3 is 2.83 bits per heavy atom. The molecule has 1 aromatic rings. The smallest absolute Gasteiger partial charge is 0.151 e. The fraction of sp³-hybridized carbons (Fsp3) is 0.538. The van der Waals surface area contributed by atoms with Gasteiger partial charge >= 0.3 is 0 Å². The number of hydrogen-bond acceptors (Lipinski definition) is 5. The van der Waals surface area contributed by atoms with Crippen molar-refractivity contribution >= 4 is 11.5 Å². The topological polar surface area (TPSA) is 75.2 Å². The van der Waals surface area contributed by atoms with E-state index in [0.717, 1.165) is 38.4 Å². The zero-order valence-electron chi connectivity index (χ0n) is 10.6. The van der Waals surface area contributed by atoms with Gasteiger partial charge in [-0.25, -0.2) is 4.98 Å². The van der Waals surface area contributed by atoms with Gasteiger partial charge < -0.3 is 15.4 Å². The molecule has 1 saturated heterocycles. The third kappa shape index (κ3) is 2.71. The van der Waals surface area contributed by atoms with Crippen LogP contribution >= 0.6 is 0 Å². The number of pyridine rings is 1. The van der Waals surface area contributed by atoms with Crippen LogP contribution in [0.15, 0.2) is 12.3 Å². The highest BCUT2D eigenvalue weighted by Crippen LogP contribution is 2.26. The van der Waals surface area contributed by atoms with Gasteiger partial charge in [0.15, 0.2) is 5.82 Å². The Morgan fingerprint density at radius 2 is 2.28 bits per heavy atom. The summed E-state index contributed by atoms with van der Waals surface area (Å²) in [5.41, 5.74) is 7.03. The number of piperidine rings is 1. The van der Waals surface area contributed by atoms with Crippen LogP contribution in [0.3, 0.4) is 0 Å². The molecule has 1 aliphatic heterocycles. The van der Waals surface area contributed by atoms with Crippen molar-refractivity contribution in [3.8, 4) is 6.07 Å². The summed E-state index contributed by atoms with van der Waals surface area (Å²) in [7, 11) is 1.74. The molecule has 18 heavy (non-hydrogen) atoms. The molecule has 0 unspecified atom stereocenters. The number of nitrogen functional groups attached to an aromatic ring is 1. The molecule has 0 spiro atoms. The van der Waals surface area contributed by atoms with Crippen LogP contribution in [0.4, 0.5) is 11.5 Å². The minimum atomic E-state index is 0.505. The van der Waals surface area contributed by atoms with Crippen LogP contribution < -0.4 is 10.6 Å². The summed E-state index contributed by atoms with van der Waals surface area (Å²) in [6.45, 7) is 2.71. The standard InChI is InChI=1S/C13H18N4O/c1-18-9-10-2-4-17(5-3-10)13-12(15)6-11(7-14)8-16-13/h6,8,10H,2-5,9,15H2,1H3. The van der Waals surface area contributed by atoms with Crippen molar-refractivity contribution in [1.82, 2.24) is 4.98 Å². The van der Waals surface area contributed by atoms with E-state index in [0.29, 0.717) is 17.2 Å². The monoisotopic (exact) mass is 246 g/mol. The van der Waals surface area contributed by atoms with E-state index in [2.05, 4.69) is 9.88 Å². The molecule has 2 heterocycles. The number of nitrogens with two attached hydrogens (primary N) is 1. The second-order valence-electron chi connectivity index (χ2n) is 4.63. The molecule has 0 amide bonds. The van der Waals surface area contributed by atoms with Gasteiger partial charge in [-0.05, 0) is 24.8 Å². The van der Waals surface area contributed by atoms with E-state index in [1.54, 1.807) is 19.4 Å². The van der Waals surface area contributed by atoms with Gasteiger partial charge in [0.05, 0.1) is 11.3 Å². The van der Waals surface area contributed by atoms with E-state index in [1.807, 2.05) is 6.07 Å². The highest BCUT2D eigenvalue weighted by atomic mass is 16.5. The third-order valence-corrected chi connectivity index (χ3v) is 3.34. The molecular formula is C13H18N4O. The lowest BCUT2D eigenvalue weighted by Gasteiger charge is -2.33. The van der Waals surface area contributed by atoms with Gasteiger partial charge in [-0.15, -0.1) is 0 Å². The summed E-state index contributed by atoms with van der Waals surface area (Å²) >= 11 is 0. The predicted molar refractivity (Wildman–Crippen MR) is 70.2 cm³/mol. The maximum absolute atomic E-state index is 8.78. The van der Waals surface area contributed by atoms with Gasteiger partial charge in [-0.2, -0.15) is 5.26 Å². The first-order valence-electron chi connectivity index (χ1n) is 6.14. The van der Waals surface area contributed by atoms with Crippen LogP contribution in [0.2, 0.25) is 0 Å². The summed E-state index contributed by atoms with van der Waals surface area (Å²) in [6.07, 6.45) is 3.76. The second kappa shape index (κ2) is 5.69. The first kappa shape index (κ1) is 12.7. The van der Waals surface area contributed by atoms with Gasteiger partial charge in [0.25, 0.3) is 0 Å². The molecule has 0 aliphatic carbocycles. The molecule has 5 nitrogen and oxygen atoms in total. The Bertz CT molecular complexity index is 447. The van der Waals surface area contributed by atoms with Crippen molar-refractivity contribution in [1.29, 1.82) is 5.26 Å². The molecule has 0 bridgehead atoms. The lowest BCUT2D eigenvalue weighted by atomic mass is 9.98. The van der Waals surface area contributed by atoms with Gasteiger partial charge in [0.1, 0.15) is 6.07 Å². The Morgan fingerprint density at radius 1 is 1.56 bits per heavy atom. The fourth-order valence-electron chi connectivity index (χ4n) is 2.35. The van der Waals surface area contributed by atoms with E-state index in [9.17, 15) is 0 Å². The zero-order valence-corrected chi connectivity index (χ0v) is 10.6. The highest BCUT2D eigenvalue weighted by Gasteiger charge is 2.21. The summed E-state index contributed by atoms with van der Waals surface area (Å²) in [5, 5.41) is 8.78. The van der Waals surface area contributed by atoms with E-state index < -0.39 is 0 Å². The first-order valence-corrected chi connectivity index (χ1v) is 6.14. The largest absolute Gasteiger partial charge is 0.396 e. The first-order chi connectivity index (χ1) is 8.74. The maximum Gasteiger partial charge on any atom is 0.151 e. The molecule has 2 N–H and O–H groups in total. The van der Waals surface area contributed by atoms with E-state index in [-0.39, 0.29) is 0 Å². The lowest BCUT2D eigenvalue weighted by Crippen LogP contribution is -2.36. The van der Waals surface area contributed by atoms with Crippen LogP contribution in [0.1, 0.15) is 18.4 Å². The van der Waals surface area contributed by atoms with Crippen molar-refractivity contribution in [3.63, 3.8) is 0 Å². The number of hydrogen-bond donors (Lipinski definition) is 1. The zero-order chi connectivity index (χ0) is 13.0. The average Bonchev–Trinajstić information content (AvgIpc) is 2.40. The van der Waals surface area contributed by atoms with Crippen LogP contribution in [0.5, 0.6) is 0 Å². The number of ether oxygens (including phenoxy) is 1. The van der Waals surface area contributed by atoms with Crippen molar-refractivity contribution in [2.24, 2.45) is 5.92 Å². The van der Waals surface area contributed by atoms with Crippen molar-refractivity contribution in [3.05, 3.63) is 17.8 Å². The molecule has 1 fully saturated rings.